The maximum absolute atomic E-state index is 5.64. The number of aromatic nitrogens is 1. The third-order valence-corrected chi connectivity index (χ3v) is 3.12. The molecule has 0 aliphatic carbocycles. The van der Waals surface area contributed by atoms with Crippen LogP contribution in [-0.4, -0.2) is 24.6 Å². The maximum atomic E-state index is 5.64. The number of pyridine rings is 1. The van der Waals surface area contributed by atoms with E-state index in [2.05, 4.69) is 25.8 Å². The largest absolute Gasteiger partial charge is 0.356 e. The van der Waals surface area contributed by atoms with Gasteiger partial charge < -0.3 is 10.6 Å². The van der Waals surface area contributed by atoms with E-state index in [0.717, 1.165) is 29.9 Å². The first-order chi connectivity index (χ1) is 6.79. The molecule has 0 spiro atoms. The molecular formula is C10H14BrN3. The Balaban J connectivity index is 2.06. The van der Waals surface area contributed by atoms with Crippen LogP contribution >= 0.6 is 15.9 Å². The van der Waals surface area contributed by atoms with Crippen LogP contribution in [0.15, 0.2) is 22.8 Å². The van der Waals surface area contributed by atoms with E-state index >= 15 is 0 Å². The Morgan fingerprint density at radius 1 is 1.57 bits per heavy atom. The predicted molar refractivity (Wildman–Crippen MR) is 61.3 cm³/mol. The molecule has 2 heterocycles. The summed E-state index contributed by atoms with van der Waals surface area (Å²) in [4.78, 5) is 6.66. The molecule has 1 atom stereocenters. The van der Waals surface area contributed by atoms with Crippen LogP contribution in [0.3, 0.4) is 0 Å². The van der Waals surface area contributed by atoms with E-state index < -0.39 is 0 Å². The smallest absolute Gasteiger partial charge is 0.128 e. The summed E-state index contributed by atoms with van der Waals surface area (Å²) in [6.07, 6.45) is 3.03. The number of hydrogen-bond donors (Lipinski definition) is 1. The summed E-state index contributed by atoms with van der Waals surface area (Å²) in [6, 6.07) is 4.07. The molecule has 1 aromatic rings. The lowest BCUT2D eigenvalue weighted by molar-refractivity contribution is 0.602. The fraction of sp³-hybridized carbons (Fsp3) is 0.500. The highest BCUT2D eigenvalue weighted by molar-refractivity contribution is 9.10. The molecule has 0 bridgehead atoms. The highest BCUT2D eigenvalue weighted by atomic mass is 79.9. The molecule has 2 rings (SSSR count). The van der Waals surface area contributed by atoms with Crippen LogP contribution in [0.2, 0.25) is 0 Å². The van der Waals surface area contributed by atoms with E-state index in [1.807, 2.05) is 18.3 Å². The Labute approximate surface area is 92.4 Å². The van der Waals surface area contributed by atoms with Gasteiger partial charge in [-0.1, -0.05) is 0 Å². The summed E-state index contributed by atoms with van der Waals surface area (Å²) in [5, 5.41) is 0. The fourth-order valence-corrected chi connectivity index (χ4v) is 2.02. The summed E-state index contributed by atoms with van der Waals surface area (Å²) in [6.45, 7) is 2.91. The Hall–Kier alpha value is -0.610. The Bertz CT molecular complexity index is 299. The fourth-order valence-electron chi connectivity index (χ4n) is 1.79. The van der Waals surface area contributed by atoms with Gasteiger partial charge in [0.25, 0.3) is 0 Å². The molecule has 1 aliphatic heterocycles. The summed E-state index contributed by atoms with van der Waals surface area (Å²) in [5.41, 5.74) is 5.64. The zero-order valence-corrected chi connectivity index (χ0v) is 9.57. The van der Waals surface area contributed by atoms with Crippen molar-refractivity contribution in [1.82, 2.24) is 4.98 Å². The van der Waals surface area contributed by atoms with Crippen LogP contribution in [0, 0.1) is 5.92 Å². The van der Waals surface area contributed by atoms with Gasteiger partial charge in [0.2, 0.25) is 0 Å². The average Bonchev–Trinajstić information content (AvgIpc) is 2.67. The van der Waals surface area contributed by atoms with Crippen molar-refractivity contribution in [3.63, 3.8) is 0 Å². The van der Waals surface area contributed by atoms with Gasteiger partial charge in [-0.25, -0.2) is 4.98 Å². The van der Waals surface area contributed by atoms with Crippen molar-refractivity contribution in [3.05, 3.63) is 22.8 Å². The van der Waals surface area contributed by atoms with Crippen molar-refractivity contribution < 1.29 is 0 Å². The third-order valence-electron chi connectivity index (χ3n) is 2.65. The molecule has 2 N–H and O–H groups in total. The second kappa shape index (κ2) is 4.28. The summed E-state index contributed by atoms with van der Waals surface area (Å²) >= 11 is 3.38. The molecule has 0 amide bonds. The SMILES string of the molecule is NC[C@H]1CCN(c2ccc(Br)cn2)C1. The minimum atomic E-state index is 0.639. The van der Waals surface area contributed by atoms with E-state index in [9.17, 15) is 0 Å². The number of anilines is 1. The highest BCUT2D eigenvalue weighted by Crippen LogP contribution is 2.22. The second-order valence-electron chi connectivity index (χ2n) is 3.67. The molecule has 0 unspecified atom stereocenters. The zero-order chi connectivity index (χ0) is 9.97. The second-order valence-corrected chi connectivity index (χ2v) is 4.59. The molecule has 1 fully saturated rings. The molecule has 1 saturated heterocycles. The van der Waals surface area contributed by atoms with Crippen molar-refractivity contribution in [2.45, 2.75) is 6.42 Å². The highest BCUT2D eigenvalue weighted by Gasteiger charge is 2.21. The van der Waals surface area contributed by atoms with Gasteiger partial charge in [-0.2, -0.15) is 0 Å². The van der Waals surface area contributed by atoms with Crippen LogP contribution in [0.1, 0.15) is 6.42 Å². The molecule has 1 aliphatic rings. The first-order valence-corrected chi connectivity index (χ1v) is 5.65. The lowest BCUT2D eigenvalue weighted by atomic mass is 10.1. The van der Waals surface area contributed by atoms with Gasteiger partial charge in [0.1, 0.15) is 5.82 Å². The quantitative estimate of drug-likeness (QED) is 0.874. The molecule has 4 heteroatoms. The Kier molecular flexibility index (Phi) is 3.03. The normalized spacial score (nSPS) is 21.6. The molecule has 14 heavy (non-hydrogen) atoms. The summed E-state index contributed by atoms with van der Waals surface area (Å²) in [7, 11) is 0. The lowest BCUT2D eigenvalue weighted by Gasteiger charge is -2.16. The van der Waals surface area contributed by atoms with Crippen LogP contribution in [0.5, 0.6) is 0 Å². The average molecular weight is 256 g/mol. The van der Waals surface area contributed by atoms with E-state index in [1.165, 1.54) is 6.42 Å². The number of halogens is 1. The zero-order valence-electron chi connectivity index (χ0n) is 7.99. The lowest BCUT2D eigenvalue weighted by Crippen LogP contribution is -2.23. The minimum Gasteiger partial charge on any atom is -0.356 e. The molecule has 1 aromatic heterocycles. The van der Waals surface area contributed by atoms with Gasteiger partial charge in [0.15, 0.2) is 0 Å². The van der Waals surface area contributed by atoms with Crippen molar-refractivity contribution in [2.75, 3.05) is 24.5 Å². The van der Waals surface area contributed by atoms with Crippen LogP contribution in [0.4, 0.5) is 5.82 Å². The number of hydrogen-bond acceptors (Lipinski definition) is 3. The minimum absolute atomic E-state index is 0.639. The first-order valence-electron chi connectivity index (χ1n) is 4.86. The maximum Gasteiger partial charge on any atom is 0.128 e. The molecule has 0 radical (unpaired) electrons. The Morgan fingerprint density at radius 2 is 2.43 bits per heavy atom. The van der Waals surface area contributed by atoms with Crippen molar-refractivity contribution in [3.8, 4) is 0 Å². The molecule has 3 nitrogen and oxygen atoms in total. The number of rotatable bonds is 2. The van der Waals surface area contributed by atoms with Gasteiger partial charge >= 0.3 is 0 Å². The van der Waals surface area contributed by atoms with Gasteiger partial charge in [-0.3, -0.25) is 0 Å². The van der Waals surface area contributed by atoms with E-state index in [4.69, 9.17) is 5.73 Å². The van der Waals surface area contributed by atoms with Crippen molar-refractivity contribution in [1.29, 1.82) is 0 Å². The van der Waals surface area contributed by atoms with E-state index in [-0.39, 0.29) is 0 Å². The van der Waals surface area contributed by atoms with Crippen LogP contribution in [-0.2, 0) is 0 Å². The first kappa shape index (κ1) is 9.93. The van der Waals surface area contributed by atoms with Gasteiger partial charge in [0, 0.05) is 23.8 Å². The number of nitrogens with zero attached hydrogens (tertiary/aromatic N) is 2. The molecule has 0 aromatic carbocycles. The van der Waals surface area contributed by atoms with Crippen molar-refractivity contribution in [2.24, 2.45) is 11.7 Å². The Morgan fingerprint density at radius 3 is 3.00 bits per heavy atom. The molecule has 0 saturated carbocycles. The summed E-state index contributed by atoms with van der Waals surface area (Å²) < 4.78 is 1.02. The summed E-state index contributed by atoms with van der Waals surface area (Å²) in [5.74, 6) is 1.70. The van der Waals surface area contributed by atoms with Crippen molar-refractivity contribution >= 4 is 21.7 Å². The van der Waals surface area contributed by atoms with E-state index in [1.54, 1.807) is 0 Å². The monoisotopic (exact) mass is 255 g/mol. The molecular weight excluding hydrogens is 242 g/mol. The van der Waals surface area contributed by atoms with E-state index in [0.29, 0.717) is 5.92 Å². The van der Waals surface area contributed by atoms with Crippen LogP contribution in [0.25, 0.3) is 0 Å². The van der Waals surface area contributed by atoms with Crippen LogP contribution < -0.4 is 10.6 Å². The number of nitrogens with two attached hydrogens (primary N) is 1. The van der Waals surface area contributed by atoms with Gasteiger partial charge in [-0.15, -0.1) is 0 Å². The predicted octanol–water partition coefficient (Wildman–Crippen LogP) is 1.63. The van der Waals surface area contributed by atoms with Gasteiger partial charge in [-0.05, 0) is 46.9 Å². The molecule has 76 valence electrons. The topological polar surface area (TPSA) is 42.1 Å². The third kappa shape index (κ3) is 2.07. The van der Waals surface area contributed by atoms with Gasteiger partial charge in [0.05, 0.1) is 0 Å². The standard InChI is InChI=1S/C10H14BrN3/c11-9-1-2-10(13-6-9)14-4-3-8(5-12)7-14/h1-2,6,8H,3-5,7,12H2/t8-/m1/s1.